The molecule has 15 nitrogen and oxygen atoms in total. The number of fused-ring (bicyclic) bond motifs is 1. The van der Waals surface area contributed by atoms with Crippen LogP contribution in [0.1, 0.15) is 24.5 Å². The van der Waals surface area contributed by atoms with E-state index in [1.54, 1.807) is 31.2 Å². The summed E-state index contributed by atoms with van der Waals surface area (Å²) in [6, 6.07) is 14.9. The van der Waals surface area contributed by atoms with Crippen molar-refractivity contribution in [3.63, 3.8) is 0 Å². The number of anilines is 2. The Morgan fingerprint density at radius 2 is 1.70 bits per heavy atom. The van der Waals surface area contributed by atoms with E-state index in [0.29, 0.717) is 11.5 Å². The number of H-pyrrole nitrogens is 1. The van der Waals surface area contributed by atoms with Gasteiger partial charge in [0.15, 0.2) is 0 Å². The molecule has 0 radical (unpaired) electrons. The number of nitrogens with zero attached hydrogens (tertiary/aromatic N) is 3. The number of amides is 2. The Bertz CT molecular complexity index is 1600. The molecule has 15 heteroatoms. The number of aliphatic carboxylic acids is 2. The molecule has 2 aromatic heterocycles. The van der Waals surface area contributed by atoms with Crippen molar-refractivity contribution in [1.29, 1.82) is 0 Å². The van der Waals surface area contributed by atoms with Crippen molar-refractivity contribution in [3.8, 4) is 0 Å². The number of hydrogen-bond donors (Lipinski definition) is 6. The van der Waals surface area contributed by atoms with Gasteiger partial charge in [-0.05, 0) is 24.6 Å². The van der Waals surface area contributed by atoms with Crippen molar-refractivity contribution in [2.45, 2.75) is 39.5 Å². The fraction of sp³-hybridized carbons (Fsp3) is 0.250. The van der Waals surface area contributed by atoms with E-state index in [0.717, 1.165) is 28.1 Å². The molecule has 2 heterocycles. The van der Waals surface area contributed by atoms with Crippen molar-refractivity contribution in [2.75, 3.05) is 17.2 Å². The van der Waals surface area contributed by atoms with Gasteiger partial charge in [-0.15, -0.1) is 0 Å². The lowest BCUT2D eigenvalue weighted by Crippen LogP contribution is -2.45. The number of carboxylic acids is 2. The van der Waals surface area contributed by atoms with E-state index < -0.39 is 29.8 Å². The number of aromatic nitrogens is 4. The minimum Gasteiger partial charge on any atom is -0.481 e. The van der Waals surface area contributed by atoms with Crippen molar-refractivity contribution in [1.82, 2.24) is 24.8 Å². The highest BCUT2D eigenvalue weighted by Gasteiger charge is 2.22. The SMILES string of the molecule is CC(=O)O.Cc1cn(C[C@H](NC(=O)OCc2ccccc2)C(=O)O)c(=O)nc1NCCC(=O)Nc1nc2ccccc2[nH]1. The number of imidazole rings is 1. The average molecular weight is 594 g/mol. The molecule has 4 aromatic rings. The number of aromatic amines is 1. The summed E-state index contributed by atoms with van der Waals surface area (Å²) in [5.41, 5.74) is 2.10. The zero-order valence-electron chi connectivity index (χ0n) is 23.4. The molecule has 1 atom stereocenters. The average Bonchev–Trinajstić information content (AvgIpc) is 3.36. The fourth-order valence-electron chi connectivity index (χ4n) is 3.70. The van der Waals surface area contributed by atoms with Crippen LogP contribution in [0.5, 0.6) is 0 Å². The third-order valence-corrected chi connectivity index (χ3v) is 5.65. The van der Waals surface area contributed by atoms with Crippen molar-refractivity contribution < 1.29 is 34.1 Å². The van der Waals surface area contributed by atoms with Crippen molar-refractivity contribution >= 4 is 46.7 Å². The quantitative estimate of drug-likeness (QED) is 0.148. The Balaban J connectivity index is 0.00000119. The molecular formula is C28H31N7O8. The van der Waals surface area contributed by atoms with Crippen LogP contribution in [0.15, 0.2) is 65.6 Å². The number of hydrogen-bond acceptors (Lipinski definition) is 9. The van der Waals surface area contributed by atoms with E-state index in [2.05, 4.69) is 30.9 Å². The molecule has 0 aliphatic carbocycles. The molecule has 0 saturated carbocycles. The predicted molar refractivity (Wildman–Crippen MR) is 156 cm³/mol. The van der Waals surface area contributed by atoms with E-state index in [1.165, 1.54) is 6.20 Å². The third-order valence-electron chi connectivity index (χ3n) is 5.65. The number of carbonyl (C=O) groups excluding carboxylic acids is 2. The smallest absolute Gasteiger partial charge is 0.408 e. The molecule has 0 aliphatic heterocycles. The summed E-state index contributed by atoms with van der Waals surface area (Å²) in [4.78, 5) is 68.9. The van der Waals surface area contributed by atoms with Crippen LogP contribution in [0, 0.1) is 6.92 Å². The summed E-state index contributed by atoms with van der Waals surface area (Å²) in [6.45, 7) is 2.56. The second-order valence-electron chi connectivity index (χ2n) is 9.15. The molecule has 0 spiro atoms. The van der Waals surface area contributed by atoms with Crippen LogP contribution >= 0.6 is 0 Å². The van der Waals surface area contributed by atoms with E-state index in [4.69, 9.17) is 14.6 Å². The summed E-state index contributed by atoms with van der Waals surface area (Å²) in [7, 11) is 0. The standard InChI is InChI=1S/C26H27N7O6.C2H4O2/c1-16-13-33(14-20(23(35)36)30-26(38)39-15-17-7-3-2-4-8-17)25(37)32-22(16)27-12-11-21(34)31-24-28-18-9-5-6-10-19(18)29-24;1-2(3)4/h2-10,13,20H,11-12,14-15H2,1H3,(H,30,38)(H,35,36)(H,27,32,37)(H2,28,29,31,34);1H3,(H,3,4)/t20-;/m0./s1. The Kier molecular flexibility index (Phi) is 11.3. The van der Waals surface area contributed by atoms with Gasteiger partial charge in [-0.1, -0.05) is 42.5 Å². The first-order valence-corrected chi connectivity index (χ1v) is 13.0. The van der Waals surface area contributed by atoms with Gasteiger partial charge in [-0.25, -0.2) is 19.4 Å². The Hall–Kier alpha value is -5.73. The number of rotatable bonds is 11. The second kappa shape index (κ2) is 15.3. The molecule has 4 rings (SSSR count). The maximum atomic E-state index is 12.6. The van der Waals surface area contributed by atoms with Gasteiger partial charge < -0.3 is 30.6 Å². The zero-order chi connectivity index (χ0) is 31.4. The number of alkyl carbamates (subject to hydrolysis) is 1. The Morgan fingerprint density at radius 1 is 1.02 bits per heavy atom. The number of carbonyl (C=O) groups is 4. The predicted octanol–water partition coefficient (Wildman–Crippen LogP) is 2.34. The minimum absolute atomic E-state index is 0.0315. The lowest BCUT2D eigenvalue weighted by Gasteiger charge is -2.17. The fourth-order valence-corrected chi connectivity index (χ4v) is 3.70. The first kappa shape index (κ1) is 31.8. The molecule has 0 saturated heterocycles. The second-order valence-corrected chi connectivity index (χ2v) is 9.15. The third kappa shape index (κ3) is 10.3. The van der Waals surface area contributed by atoms with Crippen LogP contribution in [0.25, 0.3) is 11.0 Å². The van der Waals surface area contributed by atoms with E-state index >= 15 is 0 Å². The van der Waals surface area contributed by atoms with E-state index in [-0.39, 0.29) is 37.8 Å². The van der Waals surface area contributed by atoms with Crippen LogP contribution in [-0.4, -0.2) is 66.3 Å². The van der Waals surface area contributed by atoms with E-state index in [1.807, 2.05) is 30.3 Å². The van der Waals surface area contributed by atoms with Crippen LogP contribution < -0.4 is 21.6 Å². The number of ether oxygens (including phenoxy) is 1. The molecule has 0 bridgehead atoms. The summed E-state index contributed by atoms with van der Waals surface area (Å²) in [6.07, 6.45) is 0.583. The van der Waals surface area contributed by atoms with Crippen LogP contribution in [-0.2, 0) is 32.3 Å². The van der Waals surface area contributed by atoms with Gasteiger partial charge in [0.2, 0.25) is 11.9 Å². The Labute approximate surface area is 244 Å². The molecule has 43 heavy (non-hydrogen) atoms. The lowest BCUT2D eigenvalue weighted by atomic mass is 10.2. The molecule has 0 unspecified atom stereocenters. The number of carboxylic acid groups (broad SMARTS) is 2. The molecule has 0 fully saturated rings. The van der Waals surface area contributed by atoms with Gasteiger partial charge in [0.1, 0.15) is 18.5 Å². The summed E-state index contributed by atoms with van der Waals surface area (Å²) < 4.78 is 6.16. The van der Waals surface area contributed by atoms with Gasteiger partial charge in [0, 0.05) is 31.6 Å². The van der Waals surface area contributed by atoms with E-state index in [9.17, 15) is 24.3 Å². The van der Waals surface area contributed by atoms with Gasteiger partial charge in [-0.3, -0.25) is 19.5 Å². The number of benzene rings is 2. The highest BCUT2D eigenvalue weighted by molar-refractivity contribution is 5.91. The molecule has 2 aromatic carbocycles. The van der Waals surface area contributed by atoms with Crippen LogP contribution in [0.3, 0.4) is 0 Å². The summed E-state index contributed by atoms with van der Waals surface area (Å²) in [5, 5.41) is 24.8. The Morgan fingerprint density at radius 3 is 2.37 bits per heavy atom. The highest BCUT2D eigenvalue weighted by atomic mass is 16.5. The van der Waals surface area contributed by atoms with Gasteiger partial charge >= 0.3 is 17.8 Å². The lowest BCUT2D eigenvalue weighted by molar-refractivity contribution is -0.139. The topological polar surface area (TPSA) is 218 Å². The number of para-hydroxylation sites is 2. The molecule has 226 valence electrons. The monoisotopic (exact) mass is 593 g/mol. The maximum Gasteiger partial charge on any atom is 0.408 e. The van der Waals surface area contributed by atoms with Gasteiger partial charge in [0.05, 0.1) is 17.6 Å². The molecule has 2 amide bonds. The van der Waals surface area contributed by atoms with Crippen LogP contribution in [0.4, 0.5) is 16.6 Å². The summed E-state index contributed by atoms with van der Waals surface area (Å²) in [5.74, 6) is -1.87. The zero-order valence-corrected chi connectivity index (χ0v) is 23.4. The first-order chi connectivity index (χ1) is 20.5. The van der Waals surface area contributed by atoms with Gasteiger partial charge in [-0.2, -0.15) is 4.98 Å². The highest BCUT2D eigenvalue weighted by Crippen LogP contribution is 2.13. The molecule has 6 N–H and O–H groups in total. The number of aryl methyl sites for hydroxylation is 1. The largest absolute Gasteiger partial charge is 0.481 e. The van der Waals surface area contributed by atoms with Crippen LogP contribution in [0.2, 0.25) is 0 Å². The molecule has 0 aliphatic rings. The number of nitrogens with one attached hydrogen (secondary N) is 4. The van der Waals surface area contributed by atoms with Crippen molar-refractivity contribution in [3.05, 3.63) is 82.4 Å². The normalized spacial score (nSPS) is 11.0. The maximum absolute atomic E-state index is 12.6. The molecular weight excluding hydrogens is 562 g/mol. The minimum atomic E-state index is -1.42. The first-order valence-electron chi connectivity index (χ1n) is 13.0. The summed E-state index contributed by atoms with van der Waals surface area (Å²) >= 11 is 0. The van der Waals surface area contributed by atoms with Gasteiger partial charge in [0.25, 0.3) is 5.97 Å². The van der Waals surface area contributed by atoms with Crippen molar-refractivity contribution in [2.24, 2.45) is 0 Å².